The van der Waals surface area contributed by atoms with Crippen LogP contribution in [0.4, 0.5) is 0 Å². The van der Waals surface area contributed by atoms with E-state index in [0.29, 0.717) is 5.82 Å². The van der Waals surface area contributed by atoms with Crippen molar-refractivity contribution < 1.29 is 0 Å². The second-order valence-electron chi connectivity index (χ2n) is 8.19. The minimum absolute atomic E-state index is 0.711. The lowest BCUT2D eigenvalue weighted by molar-refractivity contribution is 1.18. The maximum Gasteiger partial charge on any atom is 0.160 e. The molecule has 0 aliphatic carbocycles. The van der Waals surface area contributed by atoms with Crippen LogP contribution in [0.3, 0.4) is 0 Å². The third kappa shape index (κ3) is 3.96. The van der Waals surface area contributed by atoms with Gasteiger partial charge < -0.3 is 0 Å². The highest BCUT2D eigenvalue weighted by atomic mass is 14.9. The van der Waals surface area contributed by atoms with Crippen LogP contribution in [0.25, 0.3) is 55.9 Å². The zero-order chi connectivity index (χ0) is 22.7. The fourth-order valence-electron chi connectivity index (χ4n) is 4.13. The van der Waals surface area contributed by atoms with Gasteiger partial charge in [-0.3, -0.25) is 4.98 Å². The molecular weight excluding hydrogens is 414 g/mol. The Hall–Kier alpha value is -4.63. The Morgan fingerprint density at radius 3 is 1.62 bits per heavy atom. The molecule has 0 unspecified atom stereocenters. The molecule has 0 aliphatic heterocycles. The van der Waals surface area contributed by atoms with E-state index in [1.807, 2.05) is 60.8 Å². The van der Waals surface area contributed by atoms with Crippen LogP contribution in [0.15, 0.2) is 128 Å². The molecule has 0 saturated heterocycles. The first-order valence-electron chi connectivity index (χ1n) is 11.3. The third-order valence-electron chi connectivity index (χ3n) is 5.93. The lowest BCUT2D eigenvalue weighted by atomic mass is 10.0. The van der Waals surface area contributed by atoms with E-state index in [-0.39, 0.29) is 0 Å². The first-order valence-corrected chi connectivity index (χ1v) is 11.3. The molecule has 0 atom stereocenters. The summed E-state index contributed by atoms with van der Waals surface area (Å²) in [6.45, 7) is 0. The normalized spacial score (nSPS) is 10.9. The average molecular weight is 436 g/mol. The summed E-state index contributed by atoms with van der Waals surface area (Å²) in [6.07, 6.45) is 1.93. The molecule has 2 aromatic heterocycles. The van der Waals surface area contributed by atoms with Crippen molar-refractivity contribution in [3.63, 3.8) is 0 Å². The van der Waals surface area contributed by atoms with Crippen molar-refractivity contribution in [3.8, 4) is 45.0 Å². The van der Waals surface area contributed by atoms with E-state index in [4.69, 9.17) is 9.97 Å². The molecule has 6 aromatic rings. The fraction of sp³-hybridized carbons (Fsp3) is 0. The van der Waals surface area contributed by atoms with Crippen molar-refractivity contribution in [1.82, 2.24) is 15.0 Å². The molecule has 34 heavy (non-hydrogen) atoms. The van der Waals surface area contributed by atoms with Crippen molar-refractivity contribution >= 4 is 10.9 Å². The van der Waals surface area contributed by atoms with Gasteiger partial charge in [-0.2, -0.15) is 0 Å². The molecule has 0 spiro atoms. The predicted octanol–water partition coefficient (Wildman–Crippen LogP) is 7.69. The summed E-state index contributed by atoms with van der Waals surface area (Å²) < 4.78 is 0. The van der Waals surface area contributed by atoms with Crippen molar-refractivity contribution in [3.05, 3.63) is 128 Å². The van der Waals surface area contributed by atoms with Crippen LogP contribution in [0.1, 0.15) is 0 Å². The van der Waals surface area contributed by atoms with Crippen LogP contribution in [0, 0.1) is 0 Å². The summed E-state index contributed by atoms with van der Waals surface area (Å²) in [5.74, 6) is 0.711. The summed E-state index contributed by atoms with van der Waals surface area (Å²) in [6, 6.07) is 41.3. The van der Waals surface area contributed by atoms with Crippen molar-refractivity contribution in [2.75, 3.05) is 0 Å². The summed E-state index contributed by atoms with van der Waals surface area (Å²) in [5, 5.41) is 1.13. The summed E-state index contributed by atoms with van der Waals surface area (Å²) in [7, 11) is 0. The van der Waals surface area contributed by atoms with Crippen LogP contribution in [0.5, 0.6) is 0 Å². The van der Waals surface area contributed by atoms with Crippen LogP contribution < -0.4 is 0 Å². The van der Waals surface area contributed by atoms with E-state index < -0.39 is 0 Å². The molecule has 160 valence electrons. The molecule has 6 rings (SSSR count). The highest BCUT2D eigenvalue weighted by molar-refractivity contribution is 5.83. The minimum Gasteiger partial charge on any atom is -0.256 e. The fourth-order valence-corrected chi connectivity index (χ4v) is 4.13. The van der Waals surface area contributed by atoms with E-state index >= 15 is 0 Å². The molecule has 0 aliphatic rings. The SMILES string of the molecule is c1ccc(-c2cc(-c3ccccc3)nc(-c3ccc(-c4cnc5ccccc5c4)cc3)n2)cc1. The van der Waals surface area contributed by atoms with Gasteiger partial charge in [0.25, 0.3) is 0 Å². The summed E-state index contributed by atoms with van der Waals surface area (Å²) >= 11 is 0. The second kappa shape index (κ2) is 8.72. The Morgan fingerprint density at radius 1 is 0.412 bits per heavy atom. The molecule has 3 nitrogen and oxygen atoms in total. The molecule has 3 heteroatoms. The number of benzene rings is 4. The lowest BCUT2D eigenvalue weighted by Crippen LogP contribution is -1.96. The maximum atomic E-state index is 4.92. The minimum atomic E-state index is 0.711. The van der Waals surface area contributed by atoms with Gasteiger partial charge >= 0.3 is 0 Å². The summed E-state index contributed by atoms with van der Waals surface area (Å²) in [4.78, 5) is 14.4. The van der Waals surface area contributed by atoms with Crippen LogP contribution in [-0.4, -0.2) is 15.0 Å². The predicted molar refractivity (Wildman–Crippen MR) is 139 cm³/mol. The Bertz CT molecular complexity index is 1520. The van der Waals surface area contributed by atoms with Crippen LogP contribution in [0.2, 0.25) is 0 Å². The number of para-hydroxylation sites is 1. The Kier molecular flexibility index (Phi) is 5.13. The highest BCUT2D eigenvalue weighted by Crippen LogP contribution is 2.29. The average Bonchev–Trinajstić information content (AvgIpc) is 2.93. The largest absolute Gasteiger partial charge is 0.256 e. The monoisotopic (exact) mass is 435 g/mol. The zero-order valence-electron chi connectivity index (χ0n) is 18.5. The first-order chi connectivity index (χ1) is 16.8. The van der Waals surface area contributed by atoms with E-state index in [0.717, 1.165) is 50.1 Å². The van der Waals surface area contributed by atoms with Crippen molar-refractivity contribution in [1.29, 1.82) is 0 Å². The Balaban J connectivity index is 1.42. The van der Waals surface area contributed by atoms with E-state index in [2.05, 4.69) is 71.7 Å². The number of hydrogen-bond donors (Lipinski definition) is 0. The molecule has 0 fully saturated rings. The Morgan fingerprint density at radius 2 is 0.971 bits per heavy atom. The van der Waals surface area contributed by atoms with Gasteiger partial charge in [0.2, 0.25) is 0 Å². The standard InChI is InChI=1S/C31H21N3/c1-3-9-23(10-4-1)29-20-30(24-11-5-2-6-12-24)34-31(33-29)25-17-15-22(16-18-25)27-19-26-13-7-8-14-28(26)32-21-27/h1-21H. The number of pyridine rings is 1. The highest BCUT2D eigenvalue weighted by Gasteiger charge is 2.11. The van der Waals surface area contributed by atoms with Gasteiger partial charge in [0.05, 0.1) is 16.9 Å². The molecule has 0 radical (unpaired) electrons. The third-order valence-corrected chi connectivity index (χ3v) is 5.93. The molecule has 0 N–H and O–H groups in total. The smallest absolute Gasteiger partial charge is 0.160 e. The van der Waals surface area contributed by atoms with Gasteiger partial charge in [0, 0.05) is 33.8 Å². The lowest BCUT2D eigenvalue weighted by Gasteiger charge is -2.10. The summed E-state index contributed by atoms with van der Waals surface area (Å²) in [5.41, 5.74) is 8.15. The van der Waals surface area contributed by atoms with Gasteiger partial charge in [-0.05, 0) is 23.8 Å². The number of fused-ring (bicyclic) bond motifs is 1. The number of hydrogen-bond acceptors (Lipinski definition) is 3. The van der Waals surface area contributed by atoms with Crippen molar-refractivity contribution in [2.45, 2.75) is 0 Å². The first kappa shape index (κ1) is 20.0. The topological polar surface area (TPSA) is 38.7 Å². The Labute approximate surface area is 198 Å². The van der Waals surface area contributed by atoms with Gasteiger partial charge in [0.1, 0.15) is 0 Å². The molecular formula is C31H21N3. The van der Waals surface area contributed by atoms with Gasteiger partial charge in [-0.1, -0.05) is 103 Å². The molecule has 0 amide bonds. The molecule has 0 saturated carbocycles. The number of aromatic nitrogens is 3. The number of nitrogens with zero attached hydrogens (tertiary/aromatic N) is 3. The van der Waals surface area contributed by atoms with Gasteiger partial charge in [-0.25, -0.2) is 9.97 Å². The van der Waals surface area contributed by atoms with E-state index in [1.165, 1.54) is 0 Å². The van der Waals surface area contributed by atoms with Gasteiger partial charge in [0.15, 0.2) is 5.82 Å². The maximum absolute atomic E-state index is 4.92. The van der Waals surface area contributed by atoms with Crippen LogP contribution in [-0.2, 0) is 0 Å². The molecule has 0 bridgehead atoms. The zero-order valence-corrected chi connectivity index (χ0v) is 18.5. The molecule has 4 aromatic carbocycles. The van der Waals surface area contributed by atoms with Gasteiger partial charge in [-0.15, -0.1) is 0 Å². The van der Waals surface area contributed by atoms with Crippen LogP contribution >= 0.6 is 0 Å². The number of rotatable bonds is 4. The molecule has 2 heterocycles. The van der Waals surface area contributed by atoms with E-state index in [9.17, 15) is 0 Å². The second-order valence-corrected chi connectivity index (χ2v) is 8.19. The van der Waals surface area contributed by atoms with E-state index in [1.54, 1.807) is 0 Å². The van der Waals surface area contributed by atoms with Crippen molar-refractivity contribution in [2.24, 2.45) is 0 Å². The quantitative estimate of drug-likeness (QED) is 0.285.